The zero-order valence-corrected chi connectivity index (χ0v) is 16.4. The molecule has 0 spiro atoms. The van der Waals surface area contributed by atoms with E-state index in [9.17, 15) is 4.79 Å². The Balaban J connectivity index is 1.30. The number of aryl methyl sites for hydroxylation is 2. The van der Waals surface area contributed by atoms with Crippen molar-refractivity contribution in [3.05, 3.63) is 71.3 Å². The SMILES string of the molecule is O=C(Nc1nc(-c2ccc3c(c2)CCCC3)cs1)c1ccc(-n2cncn2)nc1. The first-order valence-electron chi connectivity index (χ1n) is 9.46. The molecular formula is C21H18N6OS. The van der Waals surface area contributed by atoms with Gasteiger partial charge in [0, 0.05) is 17.1 Å². The van der Waals surface area contributed by atoms with Gasteiger partial charge in [0.1, 0.15) is 12.7 Å². The highest BCUT2D eigenvalue weighted by Gasteiger charge is 2.14. The molecule has 0 saturated carbocycles. The molecule has 7 nitrogen and oxygen atoms in total. The van der Waals surface area contributed by atoms with E-state index in [2.05, 4.69) is 43.6 Å². The minimum absolute atomic E-state index is 0.242. The van der Waals surface area contributed by atoms with E-state index in [4.69, 9.17) is 0 Å². The Labute approximate surface area is 171 Å². The first-order chi connectivity index (χ1) is 14.3. The minimum atomic E-state index is -0.242. The maximum atomic E-state index is 12.5. The van der Waals surface area contributed by atoms with Crippen molar-refractivity contribution in [3.8, 4) is 17.1 Å². The number of hydrogen-bond acceptors (Lipinski definition) is 6. The Morgan fingerprint density at radius 3 is 2.79 bits per heavy atom. The maximum absolute atomic E-state index is 12.5. The van der Waals surface area contributed by atoms with Crippen LogP contribution in [-0.4, -0.2) is 30.6 Å². The van der Waals surface area contributed by atoms with Gasteiger partial charge in [0.2, 0.25) is 0 Å². The monoisotopic (exact) mass is 402 g/mol. The van der Waals surface area contributed by atoms with Gasteiger partial charge in [-0.3, -0.25) is 10.1 Å². The summed E-state index contributed by atoms with van der Waals surface area (Å²) in [5.41, 5.74) is 5.32. The number of nitrogens with one attached hydrogen (secondary N) is 1. The summed E-state index contributed by atoms with van der Waals surface area (Å²) in [6.45, 7) is 0. The molecule has 0 bridgehead atoms. The van der Waals surface area contributed by atoms with Gasteiger partial charge in [-0.2, -0.15) is 5.10 Å². The Bertz CT molecular complexity index is 1150. The van der Waals surface area contributed by atoms with Gasteiger partial charge < -0.3 is 0 Å². The summed E-state index contributed by atoms with van der Waals surface area (Å²) in [7, 11) is 0. The number of anilines is 1. The molecule has 1 amide bonds. The third-order valence-corrected chi connectivity index (χ3v) is 5.79. The highest BCUT2D eigenvalue weighted by Crippen LogP contribution is 2.29. The predicted molar refractivity (Wildman–Crippen MR) is 111 cm³/mol. The zero-order chi connectivity index (χ0) is 19.6. The van der Waals surface area contributed by atoms with Crippen LogP contribution in [0.25, 0.3) is 17.1 Å². The van der Waals surface area contributed by atoms with Crippen LogP contribution in [0.4, 0.5) is 5.13 Å². The Morgan fingerprint density at radius 2 is 2.00 bits per heavy atom. The molecule has 4 aromatic rings. The summed E-state index contributed by atoms with van der Waals surface area (Å²) >= 11 is 1.42. The topological polar surface area (TPSA) is 85.6 Å². The lowest BCUT2D eigenvalue weighted by molar-refractivity contribution is 0.102. The average molecular weight is 402 g/mol. The molecule has 0 unspecified atom stereocenters. The standard InChI is InChI=1S/C21H18N6OS/c28-20(17-7-8-19(23-10-17)27-13-22-12-24-27)26-21-25-18(11-29-21)16-6-5-14-3-1-2-4-15(14)9-16/h5-13H,1-4H2,(H,25,26,28). The summed E-state index contributed by atoms with van der Waals surface area (Å²) in [5, 5.41) is 9.43. The van der Waals surface area contributed by atoms with Gasteiger partial charge in [0.05, 0.1) is 11.3 Å². The average Bonchev–Trinajstić information content (AvgIpc) is 3.46. The number of pyridine rings is 1. The van der Waals surface area contributed by atoms with E-state index in [1.54, 1.807) is 18.5 Å². The summed E-state index contributed by atoms with van der Waals surface area (Å²) in [5.74, 6) is 0.358. The van der Waals surface area contributed by atoms with Crippen LogP contribution in [0.15, 0.2) is 54.6 Å². The molecule has 1 N–H and O–H groups in total. The fraction of sp³-hybridized carbons (Fsp3) is 0.190. The van der Waals surface area contributed by atoms with Gasteiger partial charge in [-0.15, -0.1) is 11.3 Å². The van der Waals surface area contributed by atoms with Crippen molar-refractivity contribution >= 4 is 22.4 Å². The smallest absolute Gasteiger partial charge is 0.259 e. The lowest BCUT2D eigenvalue weighted by atomic mass is 9.90. The second-order valence-electron chi connectivity index (χ2n) is 6.93. The molecule has 0 fully saturated rings. The molecule has 0 aliphatic heterocycles. The first-order valence-corrected chi connectivity index (χ1v) is 10.3. The lowest BCUT2D eigenvalue weighted by Gasteiger charge is -2.16. The minimum Gasteiger partial charge on any atom is -0.298 e. The molecule has 0 radical (unpaired) electrons. The molecule has 3 aromatic heterocycles. The Hall–Kier alpha value is -3.39. The number of aromatic nitrogens is 5. The van der Waals surface area contributed by atoms with Crippen molar-refractivity contribution in [3.63, 3.8) is 0 Å². The molecule has 1 aliphatic rings. The van der Waals surface area contributed by atoms with Crippen LogP contribution < -0.4 is 5.32 Å². The Kier molecular flexibility index (Phi) is 4.61. The number of carbonyl (C=O) groups excluding carboxylic acids is 1. The van der Waals surface area contributed by atoms with Crippen molar-refractivity contribution in [1.82, 2.24) is 24.7 Å². The van der Waals surface area contributed by atoms with Crippen LogP contribution in [0.5, 0.6) is 0 Å². The van der Waals surface area contributed by atoms with Gasteiger partial charge in [0.15, 0.2) is 10.9 Å². The molecule has 144 valence electrons. The van der Waals surface area contributed by atoms with Gasteiger partial charge in [0.25, 0.3) is 5.91 Å². The molecule has 0 saturated heterocycles. The number of amides is 1. The molecule has 5 rings (SSSR count). The highest BCUT2D eigenvalue weighted by atomic mass is 32.1. The van der Waals surface area contributed by atoms with E-state index in [0.717, 1.165) is 24.1 Å². The number of benzene rings is 1. The maximum Gasteiger partial charge on any atom is 0.259 e. The van der Waals surface area contributed by atoms with E-state index >= 15 is 0 Å². The van der Waals surface area contributed by atoms with E-state index in [1.807, 2.05) is 5.38 Å². The van der Waals surface area contributed by atoms with Crippen LogP contribution in [-0.2, 0) is 12.8 Å². The van der Waals surface area contributed by atoms with Gasteiger partial charge >= 0.3 is 0 Å². The normalized spacial score (nSPS) is 13.1. The van der Waals surface area contributed by atoms with Crippen molar-refractivity contribution in [2.45, 2.75) is 25.7 Å². The number of carbonyl (C=O) groups is 1. The van der Waals surface area contributed by atoms with E-state index in [-0.39, 0.29) is 5.91 Å². The third kappa shape index (κ3) is 3.66. The molecule has 1 aliphatic carbocycles. The predicted octanol–water partition coefficient (Wildman–Crippen LogP) is 3.92. The largest absolute Gasteiger partial charge is 0.298 e. The van der Waals surface area contributed by atoms with Crippen LogP contribution in [0.2, 0.25) is 0 Å². The summed E-state index contributed by atoms with van der Waals surface area (Å²) in [6, 6.07) is 10.0. The second kappa shape index (κ2) is 7.56. The first kappa shape index (κ1) is 17.7. The van der Waals surface area contributed by atoms with Crippen molar-refractivity contribution in [2.75, 3.05) is 5.32 Å². The quantitative estimate of drug-likeness (QED) is 0.559. The highest BCUT2D eigenvalue weighted by molar-refractivity contribution is 7.14. The molecule has 3 heterocycles. The lowest BCUT2D eigenvalue weighted by Crippen LogP contribution is -2.12. The number of hydrogen-bond donors (Lipinski definition) is 1. The third-order valence-electron chi connectivity index (χ3n) is 5.03. The van der Waals surface area contributed by atoms with E-state index < -0.39 is 0 Å². The zero-order valence-electron chi connectivity index (χ0n) is 15.6. The van der Waals surface area contributed by atoms with Crippen LogP contribution in [0.3, 0.4) is 0 Å². The molecule has 8 heteroatoms. The van der Waals surface area contributed by atoms with E-state index in [1.165, 1.54) is 52.5 Å². The number of rotatable bonds is 4. The molecule has 29 heavy (non-hydrogen) atoms. The van der Waals surface area contributed by atoms with Gasteiger partial charge in [-0.1, -0.05) is 12.1 Å². The fourth-order valence-corrected chi connectivity index (χ4v) is 4.22. The molecular weight excluding hydrogens is 384 g/mol. The summed E-state index contributed by atoms with van der Waals surface area (Å²) in [4.78, 5) is 25.3. The van der Waals surface area contributed by atoms with Gasteiger partial charge in [-0.05, 0) is 55.0 Å². The summed E-state index contributed by atoms with van der Waals surface area (Å²) < 4.78 is 1.54. The molecule has 0 atom stereocenters. The van der Waals surface area contributed by atoms with Crippen molar-refractivity contribution in [1.29, 1.82) is 0 Å². The van der Waals surface area contributed by atoms with Gasteiger partial charge in [-0.25, -0.2) is 19.6 Å². The van der Waals surface area contributed by atoms with Crippen molar-refractivity contribution in [2.24, 2.45) is 0 Å². The van der Waals surface area contributed by atoms with Crippen LogP contribution >= 0.6 is 11.3 Å². The van der Waals surface area contributed by atoms with E-state index in [0.29, 0.717) is 16.5 Å². The second-order valence-corrected chi connectivity index (χ2v) is 7.79. The summed E-state index contributed by atoms with van der Waals surface area (Å²) in [6.07, 6.45) is 9.33. The van der Waals surface area contributed by atoms with Crippen LogP contribution in [0.1, 0.15) is 34.3 Å². The molecule has 1 aromatic carbocycles. The van der Waals surface area contributed by atoms with Crippen LogP contribution in [0, 0.1) is 0 Å². The van der Waals surface area contributed by atoms with Crippen molar-refractivity contribution < 1.29 is 4.79 Å². The number of thiazole rings is 1. The fourth-order valence-electron chi connectivity index (χ4n) is 3.51. The Morgan fingerprint density at radius 1 is 1.10 bits per heavy atom. The number of fused-ring (bicyclic) bond motifs is 1. The number of nitrogens with zero attached hydrogens (tertiary/aromatic N) is 5.